The summed E-state index contributed by atoms with van der Waals surface area (Å²) in [5.74, 6) is 0. The molecule has 88 valence electrons. The molecule has 0 radical (unpaired) electrons. The molecule has 0 amide bonds. The minimum absolute atomic E-state index is 0.0165. The van der Waals surface area contributed by atoms with Gasteiger partial charge in [-0.15, -0.1) is 0 Å². The van der Waals surface area contributed by atoms with E-state index in [0.717, 1.165) is 24.8 Å². The van der Waals surface area contributed by atoms with Crippen molar-refractivity contribution >= 4 is 0 Å². The zero-order chi connectivity index (χ0) is 11.8. The third-order valence-corrected chi connectivity index (χ3v) is 4.30. The molecule has 1 aliphatic rings. The first-order valence-electron chi connectivity index (χ1n) is 6.26. The smallest absolute Gasteiger partial charge is 0.0949 e. The molecule has 1 aromatic carbocycles. The maximum atomic E-state index is 11.1. The van der Waals surface area contributed by atoms with Gasteiger partial charge in [-0.3, -0.25) is 0 Å². The van der Waals surface area contributed by atoms with Gasteiger partial charge in [0.05, 0.1) is 5.60 Å². The first-order chi connectivity index (χ1) is 7.47. The van der Waals surface area contributed by atoms with Crippen molar-refractivity contribution in [2.24, 2.45) is 5.41 Å². The molecule has 1 aromatic rings. The van der Waals surface area contributed by atoms with Gasteiger partial charge in [-0.2, -0.15) is 0 Å². The molecular weight excluding hydrogens is 196 g/mol. The van der Waals surface area contributed by atoms with E-state index in [1.54, 1.807) is 0 Å². The molecule has 1 unspecified atom stereocenters. The highest BCUT2D eigenvalue weighted by Crippen LogP contribution is 2.50. The average Bonchev–Trinajstić information content (AvgIpc) is 2.23. The van der Waals surface area contributed by atoms with Gasteiger partial charge in [0.25, 0.3) is 0 Å². The number of benzene rings is 1. The zero-order valence-corrected chi connectivity index (χ0v) is 10.6. The van der Waals surface area contributed by atoms with Crippen molar-refractivity contribution in [2.75, 3.05) is 0 Å². The van der Waals surface area contributed by atoms with Crippen LogP contribution >= 0.6 is 0 Å². The SMILES string of the molecule is Cc1ccccc1C1(O)CCCCC1(C)C. The molecule has 1 nitrogen and oxygen atoms in total. The third-order valence-electron chi connectivity index (χ3n) is 4.30. The van der Waals surface area contributed by atoms with Gasteiger partial charge < -0.3 is 5.11 Å². The van der Waals surface area contributed by atoms with Crippen LogP contribution in [0.1, 0.15) is 50.7 Å². The highest BCUT2D eigenvalue weighted by Gasteiger charge is 2.46. The largest absolute Gasteiger partial charge is 0.385 e. The zero-order valence-electron chi connectivity index (χ0n) is 10.6. The summed E-state index contributed by atoms with van der Waals surface area (Å²) in [5.41, 5.74) is 1.67. The summed E-state index contributed by atoms with van der Waals surface area (Å²) in [7, 11) is 0. The molecule has 2 rings (SSSR count). The Labute approximate surface area is 98.5 Å². The van der Waals surface area contributed by atoms with E-state index in [2.05, 4.69) is 32.9 Å². The van der Waals surface area contributed by atoms with Crippen molar-refractivity contribution < 1.29 is 5.11 Å². The van der Waals surface area contributed by atoms with Gasteiger partial charge >= 0.3 is 0 Å². The monoisotopic (exact) mass is 218 g/mol. The quantitative estimate of drug-likeness (QED) is 0.760. The molecule has 0 saturated heterocycles. The van der Waals surface area contributed by atoms with Crippen LogP contribution in [0, 0.1) is 12.3 Å². The molecule has 1 aliphatic carbocycles. The maximum Gasteiger partial charge on any atom is 0.0949 e. The van der Waals surface area contributed by atoms with Crippen LogP contribution in [0.5, 0.6) is 0 Å². The lowest BCUT2D eigenvalue weighted by atomic mass is 9.62. The van der Waals surface area contributed by atoms with Crippen molar-refractivity contribution in [2.45, 2.75) is 52.1 Å². The summed E-state index contributed by atoms with van der Waals surface area (Å²) >= 11 is 0. The van der Waals surface area contributed by atoms with E-state index in [9.17, 15) is 5.11 Å². The maximum absolute atomic E-state index is 11.1. The number of aliphatic hydroxyl groups is 1. The second-order valence-electron chi connectivity index (χ2n) is 5.77. The summed E-state index contributed by atoms with van der Waals surface area (Å²) < 4.78 is 0. The van der Waals surface area contributed by atoms with Gasteiger partial charge in [-0.05, 0) is 36.3 Å². The number of hydrogen-bond acceptors (Lipinski definition) is 1. The van der Waals surface area contributed by atoms with E-state index in [0.29, 0.717) is 0 Å². The Morgan fingerprint density at radius 3 is 2.31 bits per heavy atom. The van der Waals surface area contributed by atoms with Gasteiger partial charge in [-0.25, -0.2) is 0 Å². The van der Waals surface area contributed by atoms with Crippen LogP contribution in [0.2, 0.25) is 0 Å². The van der Waals surface area contributed by atoms with Gasteiger partial charge in [0, 0.05) is 0 Å². The molecule has 0 aliphatic heterocycles. The van der Waals surface area contributed by atoms with E-state index in [4.69, 9.17) is 0 Å². The van der Waals surface area contributed by atoms with Crippen LogP contribution in [0.4, 0.5) is 0 Å². The average molecular weight is 218 g/mol. The Kier molecular flexibility index (Phi) is 2.83. The van der Waals surface area contributed by atoms with Crippen LogP contribution in [-0.4, -0.2) is 5.11 Å². The minimum Gasteiger partial charge on any atom is -0.385 e. The molecule has 0 aromatic heterocycles. The third kappa shape index (κ3) is 1.67. The molecule has 1 atom stereocenters. The molecule has 1 heteroatoms. The normalized spacial score (nSPS) is 29.0. The summed E-state index contributed by atoms with van der Waals surface area (Å²) in [6.45, 7) is 6.48. The summed E-state index contributed by atoms with van der Waals surface area (Å²) in [6, 6.07) is 8.25. The van der Waals surface area contributed by atoms with Crippen LogP contribution in [0.15, 0.2) is 24.3 Å². The van der Waals surface area contributed by atoms with Crippen LogP contribution in [-0.2, 0) is 5.60 Å². The molecule has 16 heavy (non-hydrogen) atoms. The second kappa shape index (κ2) is 3.89. The number of rotatable bonds is 1. The summed E-state index contributed by atoms with van der Waals surface area (Å²) in [6.07, 6.45) is 4.37. The number of aryl methyl sites for hydroxylation is 1. The fourth-order valence-corrected chi connectivity index (χ4v) is 3.03. The topological polar surface area (TPSA) is 20.2 Å². The van der Waals surface area contributed by atoms with Crippen LogP contribution < -0.4 is 0 Å². The van der Waals surface area contributed by atoms with Gasteiger partial charge in [0.1, 0.15) is 0 Å². The Bertz CT molecular complexity index is 381. The molecule has 0 heterocycles. The lowest BCUT2D eigenvalue weighted by Gasteiger charge is -2.47. The lowest BCUT2D eigenvalue weighted by Crippen LogP contribution is -2.44. The Hall–Kier alpha value is -0.820. The summed E-state index contributed by atoms with van der Waals surface area (Å²) in [5, 5.41) is 11.1. The van der Waals surface area contributed by atoms with Crippen molar-refractivity contribution in [3.63, 3.8) is 0 Å². The Morgan fingerprint density at radius 2 is 1.69 bits per heavy atom. The molecule has 1 fully saturated rings. The minimum atomic E-state index is -0.642. The summed E-state index contributed by atoms with van der Waals surface area (Å²) in [4.78, 5) is 0. The van der Waals surface area contributed by atoms with Gasteiger partial charge in [0.2, 0.25) is 0 Å². The fourth-order valence-electron chi connectivity index (χ4n) is 3.03. The Balaban J connectivity index is 2.48. The van der Waals surface area contributed by atoms with E-state index in [1.807, 2.05) is 12.1 Å². The van der Waals surface area contributed by atoms with Crippen LogP contribution in [0.3, 0.4) is 0 Å². The number of hydrogen-bond donors (Lipinski definition) is 1. The van der Waals surface area contributed by atoms with Crippen molar-refractivity contribution in [1.29, 1.82) is 0 Å². The van der Waals surface area contributed by atoms with E-state index >= 15 is 0 Å². The predicted molar refractivity (Wildman–Crippen MR) is 67.3 cm³/mol. The van der Waals surface area contributed by atoms with Gasteiger partial charge in [-0.1, -0.05) is 51.0 Å². The van der Waals surface area contributed by atoms with E-state index < -0.39 is 5.60 Å². The molecule has 0 bridgehead atoms. The molecule has 1 saturated carbocycles. The highest BCUT2D eigenvalue weighted by molar-refractivity contribution is 5.33. The molecule has 0 spiro atoms. The van der Waals surface area contributed by atoms with E-state index in [-0.39, 0.29) is 5.41 Å². The highest BCUT2D eigenvalue weighted by atomic mass is 16.3. The first-order valence-corrected chi connectivity index (χ1v) is 6.26. The first kappa shape index (κ1) is 11.7. The van der Waals surface area contributed by atoms with Crippen molar-refractivity contribution in [1.82, 2.24) is 0 Å². The van der Waals surface area contributed by atoms with Gasteiger partial charge in [0.15, 0.2) is 0 Å². The van der Waals surface area contributed by atoms with E-state index in [1.165, 1.54) is 12.0 Å². The standard InChI is InChI=1S/C15H22O/c1-12-8-4-5-9-13(12)15(16)11-7-6-10-14(15,2)3/h4-5,8-9,16H,6-7,10-11H2,1-3H3. The van der Waals surface area contributed by atoms with Crippen molar-refractivity contribution in [3.8, 4) is 0 Å². The fraction of sp³-hybridized carbons (Fsp3) is 0.600. The second-order valence-corrected chi connectivity index (χ2v) is 5.77. The van der Waals surface area contributed by atoms with Crippen molar-refractivity contribution in [3.05, 3.63) is 35.4 Å². The predicted octanol–water partition coefficient (Wildman–Crippen LogP) is 3.78. The molecular formula is C15H22O. The Morgan fingerprint density at radius 1 is 1.06 bits per heavy atom. The lowest BCUT2D eigenvalue weighted by molar-refractivity contribution is -0.104. The molecule has 1 N–H and O–H groups in total. The van der Waals surface area contributed by atoms with Crippen LogP contribution in [0.25, 0.3) is 0 Å².